The van der Waals surface area contributed by atoms with Crippen LogP contribution in [0, 0.1) is 0 Å². The standard InChI is InChI=1S/C17H25NO/c1-2-8-17(9-3-1)19-11-10-18-16-12-14-6-4-5-7-15(14)13-16/h4-7,16-18H,1-3,8-13H2. The monoisotopic (exact) mass is 259 g/mol. The van der Waals surface area contributed by atoms with Gasteiger partial charge in [-0.1, -0.05) is 43.5 Å². The predicted octanol–water partition coefficient (Wildman–Crippen LogP) is 3.09. The minimum Gasteiger partial charge on any atom is -0.377 e. The Morgan fingerprint density at radius 2 is 1.68 bits per heavy atom. The molecular weight excluding hydrogens is 234 g/mol. The van der Waals surface area contributed by atoms with Gasteiger partial charge in [0.2, 0.25) is 0 Å². The lowest BCUT2D eigenvalue weighted by molar-refractivity contribution is 0.0295. The third kappa shape index (κ3) is 3.58. The van der Waals surface area contributed by atoms with Crippen LogP contribution in [0.2, 0.25) is 0 Å². The van der Waals surface area contributed by atoms with Crippen molar-refractivity contribution < 1.29 is 4.74 Å². The molecule has 0 spiro atoms. The van der Waals surface area contributed by atoms with Gasteiger partial charge in [0.15, 0.2) is 0 Å². The first-order chi connectivity index (χ1) is 9.42. The van der Waals surface area contributed by atoms with Crippen molar-refractivity contribution in [3.05, 3.63) is 35.4 Å². The Balaban J connectivity index is 1.33. The van der Waals surface area contributed by atoms with Gasteiger partial charge >= 0.3 is 0 Å². The fraction of sp³-hybridized carbons (Fsp3) is 0.647. The van der Waals surface area contributed by atoms with Gasteiger partial charge in [-0.05, 0) is 36.8 Å². The van der Waals surface area contributed by atoms with Crippen LogP contribution in [0.1, 0.15) is 43.2 Å². The molecule has 2 aliphatic rings. The quantitative estimate of drug-likeness (QED) is 0.820. The first kappa shape index (κ1) is 13.1. The van der Waals surface area contributed by atoms with E-state index in [9.17, 15) is 0 Å². The van der Waals surface area contributed by atoms with Crippen LogP contribution in [0.4, 0.5) is 0 Å². The lowest BCUT2D eigenvalue weighted by atomic mass is 9.98. The normalized spacial score (nSPS) is 20.6. The largest absolute Gasteiger partial charge is 0.377 e. The average molecular weight is 259 g/mol. The van der Waals surface area contributed by atoms with E-state index in [1.807, 2.05) is 0 Å². The maximum Gasteiger partial charge on any atom is 0.0594 e. The van der Waals surface area contributed by atoms with Gasteiger partial charge in [-0.2, -0.15) is 0 Å². The van der Waals surface area contributed by atoms with Crippen LogP contribution in [0.3, 0.4) is 0 Å². The van der Waals surface area contributed by atoms with Gasteiger partial charge in [0, 0.05) is 12.6 Å². The van der Waals surface area contributed by atoms with E-state index in [0.29, 0.717) is 12.1 Å². The van der Waals surface area contributed by atoms with Gasteiger partial charge in [-0.25, -0.2) is 0 Å². The zero-order valence-electron chi connectivity index (χ0n) is 11.7. The van der Waals surface area contributed by atoms with E-state index in [4.69, 9.17) is 4.74 Å². The number of benzene rings is 1. The molecular formula is C17H25NO. The summed E-state index contributed by atoms with van der Waals surface area (Å²) >= 11 is 0. The first-order valence-corrected chi connectivity index (χ1v) is 7.83. The molecule has 0 heterocycles. The molecule has 1 saturated carbocycles. The van der Waals surface area contributed by atoms with E-state index in [1.165, 1.54) is 56.1 Å². The van der Waals surface area contributed by atoms with Gasteiger partial charge in [0.25, 0.3) is 0 Å². The van der Waals surface area contributed by atoms with E-state index in [2.05, 4.69) is 29.6 Å². The van der Waals surface area contributed by atoms with Crippen LogP contribution in [-0.2, 0) is 17.6 Å². The highest BCUT2D eigenvalue weighted by molar-refractivity contribution is 5.33. The van der Waals surface area contributed by atoms with Crippen molar-refractivity contribution >= 4 is 0 Å². The highest BCUT2D eigenvalue weighted by Gasteiger charge is 2.20. The highest BCUT2D eigenvalue weighted by atomic mass is 16.5. The van der Waals surface area contributed by atoms with Crippen molar-refractivity contribution in [2.24, 2.45) is 0 Å². The third-order valence-corrected chi connectivity index (χ3v) is 4.49. The van der Waals surface area contributed by atoms with E-state index in [0.717, 1.165) is 13.2 Å². The molecule has 0 amide bonds. The van der Waals surface area contributed by atoms with Gasteiger partial charge in [-0.3, -0.25) is 0 Å². The summed E-state index contributed by atoms with van der Waals surface area (Å²) < 4.78 is 5.96. The zero-order chi connectivity index (χ0) is 12.9. The number of hydrogen-bond acceptors (Lipinski definition) is 2. The molecule has 2 aliphatic carbocycles. The summed E-state index contributed by atoms with van der Waals surface area (Å²) in [6, 6.07) is 9.43. The Morgan fingerprint density at radius 3 is 2.37 bits per heavy atom. The van der Waals surface area contributed by atoms with Crippen molar-refractivity contribution in [2.45, 2.75) is 57.1 Å². The van der Waals surface area contributed by atoms with Gasteiger partial charge in [-0.15, -0.1) is 0 Å². The van der Waals surface area contributed by atoms with Gasteiger partial charge in [0.1, 0.15) is 0 Å². The minimum absolute atomic E-state index is 0.538. The summed E-state index contributed by atoms with van der Waals surface area (Å²) in [5, 5.41) is 3.64. The molecule has 0 unspecified atom stereocenters. The molecule has 0 atom stereocenters. The maximum absolute atomic E-state index is 5.96. The van der Waals surface area contributed by atoms with Crippen LogP contribution in [-0.4, -0.2) is 25.3 Å². The van der Waals surface area contributed by atoms with Crippen LogP contribution >= 0.6 is 0 Å². The Kier molecular flexibility index (Phi) is 4.52. The Labute approximate surface area is 116 Å². The highest BCUT2D eigenvalue weighted by Crippen LogP contribution is 2.22. The second-order valence-electron chi connectivity index (χ2n) is 5.96. The predicted molar refractivity (Wildman–Crippen MR) is 78.5 cm³/mol. The number of fused-ring (bicyclic) bond motifs is 1. The fourth-order valence-electron chi connectivity index (χ4n) is 3.42. The Morgan fingerprint density at radius 1 is 1.00 bits per heavy atom. The minimum atomic E-state index is 0.538. The van der Waals surface area contributed by atoms with Crippen molar-refractivity contribution in [1.82, 2.24) is 5.32 Å². The molecule has 1 aromatic carbocycles. The van der Waals surface area contributed by atoms with E-state index in [1.54, 1.807) is 0 Å². The third-order valence-electron chi connectivity index (χ3n) is 4.49. The fourth-order valence-corrected chi connectivity index (χ4v) is 3.42. The molecule has 3 rings (SSSR count). The van der Waals surface area contributed by atoms with E-state index < -0.39 is 0 Å². The number of hydrogen-bond donors (Lipinski definition) is 1. The lowest BCUT2D eigenvalue weighted by Crippen LogP contribution is -2.33. The van der Waals surface area contributed by atoms with Crippen molar-refractivity contribution in [2.75, 3.05) is 13.2 Å². The van der Waals surface area contributed by atoms with Crippen molar-refractivity contribution in [1.29, 1.82) is 0 Å². The van der Waals surface area contributed by atoms with Gasteiger partial charge in [0.05, 0.1) is 12.7 Å². The van der Waals surface area contributed by atoms with E-state index in [-0.39, 0.29) is 0 Å². The molecule has 19 heavy (non-hydrogen) atoms. The summed E-state index contributed by atoms with van der Waals surface area (Å²) in [6.45, 7) is 1.87. The summed E-state index contributed by atoms with van der Waals surface area (Å²) in [6.07, 6.45) is 9.56. The maximum atomic E-state index is 5.96. The van der Waals surface area contributed by atoms with Crippen LogP contribution in [0.15, 0.2) is 24.3 Å². The van der Waals surface area contributed by atoms with E-state index >= 15 is 0 Å². The smallest absolute Gasteiger partial charge is 0.0594 e. The summed E-state index contributed by atoms with van der Waals surface area (Å²) in [7, 11) is 0. The Bertz CT molecular complexity index is 373. The van der Waals surface area contributed by atoms with Crippen LogP contribution < -0.4 is 5.32 Å². The summed E-state index contributed by atoms with van der Waals surface area (Å²) in [5.41, 5.74) is 3.04. The molecule has 0 bridgehead atoms. The molecule has 2 nitrogen and oxygen atoms in total. The molecule has 1 N–H and O–H groups in total. The van der Waals surface area contributed by atoms with Gasteiger partial charge < -0.3 is 10.1 Å². The first-order valence-electron chi connectivity index (χ1n) is 7.83. The second-order valence-corrected chi connectivity index (χ2v) is 5.96. The number of rotatable bonds is 5. The SMILES string of the molecule is c1ccc2c(c1)CC(NCCOC1CCCCC1)C2. The second kappa shape index (κ2) is 6.53. The molecule has 0 aliphatic heterocycles. The molecule has 0 saturated heterocycles. The zero-order valence-corrected chi connectivity index (χ0v) is 11.7. The topological polar surface area (TPSA) is 21.3 Å². The lowest BCUT2D eigenvalue weighted by Gasteiger charge is -2.22. The van der Waals surface area contributed by atoms with Crippen LogP contribution in [0.25, 0.3) is 0 Å². The molecule has 0 radical (unpaired) electrons. The number of ether oxygens (including phenoxy) is 1. The average Bonchev–Trinajstić information content (AvgIpc) is 2.87. The molecule has 1 fully saturated rings. The molecule has 1 aromatic rings. The number of nitrogens with one attached hydrogen (secondary N) is 1. The van der Waals surface area contributed by atoms with Crippen molar-refractivity contribution in [3.63, 3.8) is 0 Å². The van der Waals surface area contributed by atoms with Crippen molar-refractivity contribution in [3.8, 4) is 0 Å². The Hall–Kier alpha value is -0.860. The molecule has 104 valence electrons. The summed E-state index contributed by atoms with van der Waals surface area (Å²) in [4.78, 5) is 0. The summed E-state index contributed by atoms with van der Waals surface area (Å²) in [5.74, 6) is 0. The van der Waals surface area contributed by atoms with Crippen LogP contribution in [0.5, 0.6) is 0 Å². The molecule has 2 heteroatoms. The molecule has 0 aromatic heterocycles.